The van der Waals surface area contributed by atoms with Crippen molar-refractivity contribution in [3.8, 4) is 11.5 Å². The van der Waals surface area contributed by atoms with Crippen LogP contribution >= 0.6 is 0 Å². The van der Waals surface area contributed by atoms with Crippen LogP contribution in [0.1, 0.15) is 25.0 Å². The van der Waals surface area contributed by atoms with Gasteiger partial charge in [0.15, 0.2) is 18.1 Å². The maximum Gasteiger partial charge on any atom is 0.331 e. The van der Waals surface area contributed by atoms with Gasteiger partial charge in [0, 0.05) is 11.8 Å². The molecule has 2 aromatic rings. The van der Waals surface area contributed by atoms with Crippen LogP contribution in [0.3, 0.4) is 0 Å². The molecule has 1 amide bonds. The van der Waals surface area contributed by atoms with Crippen LogP contribution in [0.25, 0.3) is 6.08 Å². The normalized spacial score (nSPS) is 10.8. The third kappa shape index (κ3) is 7.70. The minimum absolute atomic E-state index is 0.359. The fraction of sp³-hybridized carbons (Fsp3) is 0.304. The van der Waals surface area contributed by atoms with E-state index in [0.717, 1.165) is 11.1 Å². The minimum atomic E-state index is -0.608. The molecule has 0 aliphatic rings. The number of carbonyl (C=O) groups excluding carboxylic acids is 2. The Labute approximate surface area is 171 Å². The smallest absolute Gasteiger partial charge is 0.331 e. The molecule has 0 atom stereocenters. The lowest BCUT2D eigenvalue weighted by Gasteiger charge is -2.12. The number of hydrogen-bond acceptors (Lipinski definition) is 5. The summed E-state index contributed by atoms with van der Waals surface area (Å²) in [5.41, 5.74) is 2.44. The van der Waals surface area contributed by atoms with E-state index in [0.29, 0.717) is 29.7 Å². The summed E-state index contributed by atoms with van der Waals surface area (Å²) >= 11 is 0. The van der Waals surface area contributed by atoms with Crippen LogP contribution in [0.4, 0.5) is 5.69 Å². The van der Waals surface area contributed by atoms with Crippen molar-refractivity contribution in [2.24, 2.45) is 5.92 Å². The second-order valence-corrected chi connectivity index (χ2v) is 6.97. The predicted octanol–water partition coefficient (Wildman–Crippen LogP) is 4.23. The number of ether oxygens (including phenoxy) is 3. The van der Waals surface area contributed by atoms with Gasteiger partial charge in [-0.25, -0.2) is 4.79 Å². The molecule has 1 N–H and O–H groups in total. The molecular formula is C23H27NO5. The van der Waals surface area contributed by atoms with Gasteiger partial charge in [0.1, 0.15) is 0 Å². The number of carbonyl (C=O) groups is 2. The summed E-state index contributed by atoms with van der Waals surface area (Å²) in [5.74, 6) is 0.624. The zero-order valence-corrected chi connectivity index (χ0v) is 17.2. The molecule has 0 heterocycles. The Bertz CT molecular complexity index is 873. The molecule has 0 aromatic heterocycles. The Morgan fingerprint density at radius 3 is 2.59 bits per heavy atom. The first-order valence-electron chi connectivity index (χ1n) is 9.39. The predicted molar refractivity (Wildman–Crippen MR) is 113 cm³/mol. The topological polar surface area (TPSA) is 73.9 Å². The summed E-state index contributed by atoms with van der Waals surface area (Å²) < 4.78 is 16.0. The summed E-state index contributed by atoms with van der Waals surface area (Å²) in [6.45, 7) is 6.29. The minimum Gasteiger partial charge on any atom is -0.493 e. The number of esters is 1. The number of anilines is 1. The fourth-order valence-electron chi connectivity index (χ4n) is 2.43. The van der Waals surface area contributed by atoms with E-state index < -0.39 is 11.9 Å². The lowest BCUT2D eigenvalue weighted by Crippen LogP contribution is -2.20. The number of rotatable bonds is 9. The first-order chi connectivity index (χ1) is 13.9. The number of hydrogen-bond donors (Lipinski definition) is 1. The molecule has 6 heteroatoms. The number of aryl methyl sites for hydroxylation is 1. The van der Waals surface area contributed by atoms with Crippen molar-refractivity contribution in [1.29, 1.82) is 0 Å². The largest absolute Gasteiger partial charge is 0.493 e. The highest BCUT2D eigenvalue weighted by molar-refractivity contribution is 5.94. The van der Waals surface area contributed by atoms with Gasteiger partial charge in [0.05, 0.1) is 13.7 Å². The standard InChI is InChI=1S/C23H27NO5/c1-16(2)14-28-20-10-8-18(13-21(20)27-4)9-11-23(26)29-15-22(25)24-19-7-5-6-17(3)12-19/h5-13,16H,14-15H2,1-4H3,(H,24,25)/b11-9+. The number of nitrogens with one attached hydrogen (secondary N) is 1. The fourth-order valence-corrected chi connectivity index (χ4v) is 2.43. The van der Waals surface area contributed by atoms with Gasteiger partial charge in [0.25, 0.3) is 5.91 Å². The molecule has 0 aliphatic carbocycles. The van der Waals surface area contributed by atoms with Crippen LogP contribution in [-0.2, 0) is 14.3 Å². The summed E-state index contributed by atoms with van der Waals surface area (Å²) in [6, 6.07) is 12.7. The summed E-state index contributed by atoms with van der Waals surface area (Å²) in [4.78, 5) is 23.8. The highest BCUT2D eigenvalue weighted by Crippen LogP contribution is 2.29. The molecular weight excluding hydrogens is 370 g/mol. The highest BCUT2D eigenvalue weighted by Gasteiger charge is 2.08. The molecule has 2 aromatic carbocycles. The maximum absolute atomic E-state index is 11.9. The molecule has 0 spiro atoms. The van der Waals surface area contributed by atoms with Crippen LogP contribution in [-0.4, -0.2) is 32.2 Å². The van der Waals surface area contributed by atoms with Crippen molar-refractivity contribution in [3.63, 3.8) is 0 Å². The van der Waals surface area contributed by atoms with Gasteiger partial charge in [-0.2, -0.15) is 0 Å². The van der Waals surface area contributed by atoms with Crippen LogP contribution in [0.15, 0.2) is 48.5 Å². The van der Waals surface area contributed by atoms with Crippen LogP contribution in [0, 0.1) is 12.8 Å². The molecule has 0 bridgehead atoms. The van der Waals surface area contributed by atoms with E-state index in [4.69, 9.17) is 14.2 Å². The lowest BCUT2D eigenvalue weighted by molar-refractivity contribution is -0.142. The molecule has 6 nitrogen and oxygen atoms in total. The summed E-state index contributed by atoms with van der Waals surface area (Å²) in [7, 11) is 1.56. The highest BCUT2D eigenvalue weighted by atomic mass is 16.5. The van der Waals surface area contributed by atoms with Gasteiger partial charge in [-0.05, 0) is 54.3 Å². The Morgan fingerprint density at radius 1 is 1.10 bits per heavy atom. The monoisotopic (exact) mass is 397 g/mol. The van der Waals surface area contributed by atoms with Crippen molar-refractivity contribution in [2.75, 3.05) is 25.6 Å². The average molecular weight is 397 g/mol. The maximum atomic E-state index is 11.9. The molecule has 29 heavy (non-hydrogen) atoms. The van der Waals surface area contributed by atoms with Crippen molar-refractivity contribution in [2.45, 2.75) is 20.8 Å². The third-order valence-electron chi connectivity index (χ3n) is 3.82. The van der Waals surface area contributed by atoms with Crippen LogP contribution in [0.5, 0.6) is 11.5 Å². The Kier molecular flexibility index (Phi) is 8.27. The van der Waals surface area contributed by atoms with Crippen molar-refractivity contribution < 1.29 is 23.8 Å². The number of amides is 1. The van der Waals surface area contributed by atoms with Gasteiger partial charge >= 0.3 is 5.97 Å². The molecule has 0 aliphatic heterocycles. The quantitative estimate of drug-likeness (QED) is 0.506. The molecule has 0 saturated carbocycles. The molecule has 0 fully saturated rings. The van der Waals surface area contributed by atoms with Crippen molar-refractivity contribution >= 4 is 23.6 Å². The van der Waals surface area contributed by atoms with Crippen LogP contribution < -0.4 is 14.8 Å². The van der Waals surface area contributed by atoms with E-state index >= 15 is 0 Å². The summed E-state index contributed by atoms with van der Waals surface area (Å²) in [5, 5.41) is 2.68. The van der Waals surface area contributed by atoms with E-state index in [1.807, 2.05) is 31.2 Å². The first kappa shape index (κ1) is 22.0. The van der Waals surface area contributed by atoms with E-state index in [-0.39, 0.29) is 6.61 Å². The van der Waals surface area contributed by atoms with Gasteiger partial charge in [-0.3, -0.25) is 4.79 Å². The molecule has 154 valence electrons. The average Bonchev–Trinajstić information content (AvgIpc) is 2.69. The van der Waals surface area contributed by atoms with Crippen molar-refractivity contribution in [3.05, 3.63) is 59.7 Å². The van der Waals surface area contributed by atoms with Gasteiger partial charge in [0.2, 0.25) is 0 Å². The van der Waals surface area contributed by atoms with E-state index in [1.54, 1.807) is 31.4 Å². The molecule has 0 unspecified atom stereocenters. The Morgan fingerprint density at radius 2 is 1.90 bits per heavy atom. The van der Waals surface area contributed by atoms with E-state index in [1.165, 1.54) is 6.08 Å². The third-order valence-corrected chi connectivity index (χ3v) is 3.82. The SMILES string of the molecule is COc1cc(/C=C/C(=O)OCC(=O)Nc2cccc(C)c2)ccc1OCC(C)C. The Balaban J connectivity index is 1.87. The molecule has 0 saturated heterocycles. The summed E-state index contributed by atoms with van der Waals surface area (Å²) in [6.07, 6.45) is 2.86. The number of methoxy groups -OCH3 is 1. The van der Waals surface area contributed by atoms with Crippen LogP contribution in [0.2, 0.25) is 0 Å². The van der Waals surface area contributed by atoms with Gasteiger partial charge in [-0.1, -0.05) is 32.0 Å². The Hall–Kier alpha value is -3.28. The molecule has 0 radical (unpaired) electrons. The first-order valence-corrected chi connectivity index (χ1v) is 9.39. The zero-order valence-electron chi connectivity index (χ0n) is 17.2. The zero-order chi connectivity index (χ0) is 21.2. The van der Waals surface area contributed by atoms with Gasteiger partial charge in [-0.15, -0.1) is 0 Å². The number of benzene rings is 2. The van der Waals surface area contributed by atoms with E-state index in [9.17, 15) is 9.59 Å². The second kappa shape index (κ2) is 10.9. The van der Waals surface area contributed by atoms with Crippen molar-refractivity contribution in [1.82, 2.24) is 0 Å². The van der Waals surface area contributed by atoms with Gasteiger partial charge < -0.3 is 19.5 Å². The molecule has 2 rings (SSSR count). The lowest BCUT2D eigenvalue weighted by atomic mass is 10.2. The van der Waals surface area contributed by atoms with E-state index in [2.05, 4.69) is 19.2 Å². The second-order valence-electron chi connectivity index (χ2n) is 6.97.